The van der Waals surface area contributed by atoms with Crippen LogP contribution < -0.4 is 11.1 Å². The number of rotatable bonds is 5. The van der Waals surface area contributed by atoms with E-state index in [1.54, 1.807) is 0 Å². The Morgan fingerprint density at radius 1 is 1.16 bits per heavy atom. The summed E-state index contributed by atoms with van der Waals surface area (Å²) < 4.78 is 0. The Labute approximate surface area is 116 Å². The maximum absolute atomic E-state index is 12.5. The Bertz CT molecular complexity index is 314. The Morgan fingerprint density at radius 3 is 2.26 bits per heavy atom. The quantitative estimate of drug-likeness (QED) is 0.799. The van der Waals surface area contributed by atoms with Crippen LogP contribution in [0.5, 0.6) is 0 Å². The van der Waals surface area contributed by atoms with Gasteiger partial charge in [-0.2, -0.15) is 0 Å². The number of amides is 1. The summed E-state index contributed by atoms with van der Waals surface area (Å²) in [6.07, 6.45) is 7.75. The van der Waals surface area contributed by atoms with Gasteiger partial charge in [0.2, 0.25) is 5.91 Å². The van der Waals surface area contributed by atoms with E-state index in [1.807, 2.05) is 0 Å². The van der Waals surface area contributed by atoms with Crippen LogP contribution in [0.2, 0.25) is 0 Å². The van der Waals surface area contributed by atoms with E-state index in [2.05, 4.69) is 12.2 Å². The number of nitrogens with two attached hydrogens (primary N) is 1. The van der Waals surface area contributed by atoms with E-state index in [4.69, 9.17) is 5.73 Å². The summed E-state index contributed by atoms with van der Waals surface area (Å²) in [5.41, 5.74) is 5.56. The smallest absolute Gasteiger partial charge is 0.223 e. The van der Waals surface area contributed by atoms with Gasteiger partial charge in [-0.3, -0.25) is 4.79 Å². The number of nitrogens with one attached hydrogen (secondary N) is 1. The summed E-state index contributed by atoms with van der Waals surface area (Å²) in [5.74, 6) is 4.47. The molecule has 0 aromatic rings. The molecule has 4 bridgehead atoms. The highest BCUT2D eigenvalue weighted by atomic mass is 16.1. The average Bonchev–Trinajstić information content (AvgIpc) is 2.35. The SMILES string of the molecule is CC(CCN)CNC(=O)C1C2CC3CC(C2)CC1C3. The molecule has 1 unspecified atom stereocenters. The highest BCUT2D eigenvalue weighted by Gasteiger charge is 2.50. The van der Waals surface area contributed by atoms with Crippen molar-refractivity contribution in [3.63, 3.8) is 0 Å². The zero-order valence-corrected chi connectivity index (χ0v) is 12.1. The second-order valence-electron chi connectivity index (χ2n) is 7.38. The normalized spacial score (nSPS) is 41.3. The van der Waals surface area contributed by atoms with Crippen molar-refractivity contribution in [3.8, 4) is 0 Å². The average molecular weight is 264 g/mol. The van der Waals surface area contributed by atoms with Crippen LogP contribution in [0.25, 0.3) is 0 Å². The molecule has 0 spiro atoms. The molecule has 0 saturated heterocycles. The van der Waals surface area contributed by atoms with Gasteiger partial charge in [-0.05, 0) is 74.7 Å². The third kappa shape index (κ3) is 2.67. The van der Waals surface area contributed by atoms with Crippen LogP contribution >= 0.6 is 0 Å². The predicted octanol–water partition coefficient (Wildman–Crippen LogP) is 2.16. The molecule has 0 aliphatic heterocycles. The van der Waals surface area contributed by atoms with E-state index < -0.39 is 0 Å². The highest BCUT2D eigenvalue weighted by Crippen LogP contribution is 2.56. The van der Waals surface area contributed by atoms with Gasteiger partial charge in [0.1, 0.15) is 0 Å². The zero-order chi connectivity index (χ0) is 13.4. The minimum Gasteiger partial charge on any atom is -0.356 e. The fraction of sp³-hybridized carbons (Fsp3) is 0.938. The van der Waals surface area contributed by atoms with Crippen LogP contribution in [0.4, 0.5) is 0 Å². The molecule has 3 nitrogen and oxygen atoms in total. The summed E-state index contributed by atoms with van der Waals surface area (Å²) >= 11 is 0. The lowest BCUT2D eigenvalue weighted by atomic mass is 9.51. The van der Waals surface area contributed by atoms with Crippen molar-refractivity contribution in [2.75, 3.05) is 13.1 Å². The molecule has 0 radical (unpaired) electrons. The van der Waals surface area contributed by atoms with Crippen LogP contribution in [0.3, 0.4) is 0 Å². The summed E-state index contributed by atoms with van der Waals surface area (Å²) in [5, 5.41) is 3.20. The van der Waals surface area contributed by atoms with Crippen LogP contribution in [0.15, 0.2) is 0 Å². The van der Waals surface area contributed by atoms with Crippen LogP contribution in [0.1, 0.15) is 45.4 Å². The van der Waals surface area contributed by atoms with E-state index in [-0.39, 0.29) is 0 Å². The minimum atomic E-state index is 0.331. The van der Waals surface area contributed by atoms with Crippen molar-refractivity contribution in [2.24, 2.45) is 41.2 Å². The van der Waals surface area contributed by atoms with Crippen LogP contribution in [0, 0.1) is 35.5 Å². The molecule has 1 amide bonds. The Kier molecular flexibility index (Phi) is 3.84. The monoisotopic (exact) mass is 264 g/mol. The van der Waals surface area contributed by atoms with Crippen molar-refractivity contribution in [1.29, 1.82) is 0 Å². The standard InChI is InChI=1S/C16H28N2O/c1-10(2-3-17)9-18-16(19)15-13-5-11-4-12(7-13)8-14(15)6-11/h10-15H,2-9,17H2,1H3,(H,18,19). The maximum Gasteiger partial charge on any atom is 0.223 e. The third-order valence-electron chi connectivity index (χ3n) is 5.81. The Hall–Kier alpha value is -0.570. The number of carbonyl (C=O) groups excluding carboxylic acids is 1. The molecule has 19 heavy (non-hydrogen) atoms. The molecule has 4 aliphatic carbocycles. The van der Waals surface area contributed by atoms with Gasteiger partial charge in [0.15, 0.2) is 0 Å². The second-order valence-corrected chi connectivity index (χ2v) is 7.38. The molecule has 0 heterocycles. The summed E-state index contributed by atoms with van der Waals surface area (Å²) in [7, 11) is 0. The first-order valence-electron chi connectivity index (χ1n) is 8.15. The lowest BCUT2D eigenvalue weighted by molar-refractivity contribution is -0.138. The molecule has 4 rings (SSSR count). The van der Waals surface area contributed by atoms with E-state index in [0.717, 1.165) is 31.3 Å². The zero-order valence-electron chi connectivity index (χ0n) is 12.1. The molecule has 3 N–H and O–H groups in total. The summed E-state index contributed by atoms with van der Waals surface area (Å²) in [4.78, 5) is 12.5. The molecule has 3 heteroatoms. The van der Waals surface area contributed by atoms with Crippen molar-refractivity contribution < 1.29 is 4.79 Å². The number of hydrogen-bond donors (Lipinski definition) is 2. The van der Waals surface area contributed by atoms with E-state index in [1.165, 1.54) is 32.1 Å². The second kappa shape index (κ2) is 5.43. The fourth-order valence-corrected chi connectivity index (χ4v) is 5.13. The fourth-order valence-electron chi connectivity index (χ4n) is 5.13. The van der Waals surface area contributed by atoms with Gasteiger partial charge in [-0.1, -0.05) is 6.92 Å². The van der Waals surface area contributed by atoms with Gasteiger partial charge in [-0.25, -0.2) is 0 Å². The van der Waals surface area contributed by atoms with Crippen molar-refractivity contribution in [3.05, 3.63) is 0 Å². The van der Waals surface area contributed by atoms with Crippen molar-refractivity contribution in [1.82, 2.24) is 5.32 Å². The molecule has 1 atom stereocenters. The molecular formula is C16H28N2O. The summed E-state index contributed by atoms with van der Waals surface area (Å²) in [6, 6.07) is 0. The third-order valence-corrected chi connectivity index (χ3v) is 5.81. The first-order chi connectivity index (χ1) is 9.17. The molecular weight excluding hydrogens is 236 g/mol. The van der Waals surface area contributed by atoms with Crippen molar-refractivity contribution in [2.45, 2.75) is 45.4 Å². The lowest BCUT2D eigenvalue weighted by Gasteiger charge is -2.53. The highest BCUT2D eigenvalue weighted by molar-refractivity contribution is 5.79. The minimum absolute atomic E-state index is 0.331. The van der Waals surface area contributed by atoms with E-state index >= 15 is 0 Å². The lowest BCUT2D eigenvalue weighted by Crippen LogP contribution is -2.51. The first kappa shape index (κ1) is 13.4. The molecule has 4 aliphatic rings. The van der Waals surface area contributed by atoms with Crippen LogP contribution in [-0.4, -0.2) is 19.0 Å². The van der Waals surface area contributed by atoms with Gasteiger partial charge >= 0.3 is 0 Å². The van der Waals surface area contributed by atoms with E-state index in [9.17, 15) is 4.79 Å². The number of hydrogen-bond acceptors (Lipinski definition) is 2. The largest absolute Gasteiger partial charge is 0.356 e. The van der Waals surface area contributed by atoms with Gasteiger partial charge in [-0.15, -0.1) is 0 Å². The Morgan fingerprint density at radius 2 is 1.74 bits per heavy atom. The van der Waals surface area contributed by atoms with Gasteiger partial charge in [0.05, 0.1) is 0 Å². The molecule has 0 aromatic carbocycles. The van der Waals surface area contributed by atoms with E-state index in [0.29, 0.717) is 29.6 Å². The first-order valence-corrected chi connectivity index (χ1v) is 8.15. The summed E-state index contributed by atoms with van der Waals surface area (Å²) in [6.45, 7) is 3.69. The molecule has 108 valence electrons. The number of carbonyl (C=O) groups is 1. The molecule has 0 aromatic heterocycles. The maximum atomic E-state index is 12.5. The molecule has 4 saturated carbocycles. The van der Waals surface area contributed by atoms with Gasteiger partial charge in [0, 0.05) is 12.5 Å². The topological polar surface area (TPSA) is 55.1 Å². The Balaban J connectivity index is 1.55. The predicted molar refractivity (Wildman–Crippen MR) is 76.4 cm³/mol. The van der Waals surface area contributed by atoms with Gasteiger partial charge in [0.25, 0.3) is 0 Å². The van der Waals surface area contributed by atoms with Gasteiger partial charge < -0.3 is 11.1 Å². The molecule has 4 fully saturated rings. The van der Waals surface area contributed by atoms with Crippen molar-refractivity contribution >= 4 is 5.91 Å². The van der Waals surface area contributed by atoms with Crippen LogP contribution in [-0.2, 0) is 4.79 Å².